The van der Waals surface area contributed by atoms with Gasteiger partial charge >= 0.3 is 0 Å². The van der Waals surface area contributed by atoms with Crippen molar-refractivity contribution in [1.82, 2.24) is 14.6 Å². The van der Waals surface area contributed by atoms with Crippen molar-refractivity contribution in [2.75, 3.05) is 5.32 Å². The van der Waals surface area contributed by atoms with Crippen LogP contribution >= 0.6 is 11.6 Å². The molecule has 1 amide bonds. The number of carbonyl (C=O) groups is 1. The molecule has 0 saturated heterocycles. The predicted octanol–water partition coefficient (Wildman–Crippen LogP) is 4.43. The smallest absolute Gasteiger partial charge is 0.261 e. The minimum absolute atomic E-state index is 0.348. The monoisotopic (exact) mass is 364 g/mol. The molecule has 128 valence electrons. The fourth-order valence-electron chi connectivity index (χ4n) is 2.48. The molecule has 0 saturated carbocycles. The number of nitrogens with zero attached hydrogens (tertiary/aromatic N) is 3. The minimum atomic E-state index is -0.348. The molecule has 0 fully saturated rings. The number of para-hydroxylation sites is 1. The summed E-state index contributed by atoms with van der Waals surface area (Å²) in [5, 5.41) is 7.43. The van der Waals surface area contributed by atoms with E-state index in [0.717, 1.165) is 0 Å². The maximum Gasteiger partial charge on any atom is 0.261 e. The Bertz CT molecular complexity index is 1080. The molecule has 26 heavy (non-hydrogen) atoms. The Balaban J connectivity index is 1.65. The van der Waals surface area contributed by atoms with Crippen molar-refractivity contribution in [1.29, 1.82) is 0 Å². The van der Waals surface area contributed by atoms with Crippen LogP contribution < -0.4 is 10.1 Å². The van der Waals surface area contributed by atoms with Gasteiger partial charge < -0.3 is 10.1 Å². The van der Waals surface area contributed by atoms with Gasteiger partial charge in [0.15, 0.2) is 11.4 Å². The standard InChI is InChI=1S/C19H13ClN4O2/c20-13-7-8-17(26-14-5-2-1-3-6-14)16(11-13)23-19(25)15-12-22-24-10-4-9-21-18(15)24/h1-12H,(H,23,25). The number of aromatic nitrogens is 3. The van der Waals surface area contributed by atoms with E-state index in [9.17, 15) is 4.79 Å². The largest absolute Gasteiger partial charge is 0.455 e. The first-order valence-corrected chi connectivity index (χ1v) is 8.21. The first kappa shape index (κ1) is 16.1. The van der Waals surface area contributed by atoms with E-state index in [1.165, 1.54) is 10.7 Å². The molecule has 2 heterocycles. The third-order valence-electron chi connectivity index (χ3n) is 3.68. The lowest BCUT2D eigenvalue weighted by Gasteiger charge is -2.12. The van der Waals surface area contributed by atoms with Crippen LogP contribution in [0.1, 0.15) is 10.4 Å². The zero-order valence-corrected chi connectivity index (χ0v) is 14.2. The molecule has 6 nitrogen and oxygen atoms in total. The lowest BCUT2D eigenvalue weighted by atomic mass is 10.2. The maximum absolute atomic E-state index is 12.7. The van der Waals surface area contributed by atoms with E-state index in [4.69, 9.17) is 16.3 Å². The fraction of sp³-hybridized carbons (Fsp3) is 0. The summed E-state index contributed by atoms with van der Waals surface area (Å²) in [4.78, 5) is 16.9. The highest BCUT2D eigenvalue weighted by atomic mass is 35.5. The molecule has 0 spiro atoms. The molecule has 7 heteroatoms. The highest BCUT2D eigenvalue weighted by Crippen LogP contribution is 2.32. The van der Waals surface area contributed by atoms with Crippen LogP contribution in [-0.4, -0.2) is 20.5 Å². The molecule has 0 aliphatic heterocycles. The van der Waals surface area contributed by atoms with Crippen LogP contribution in [0, 0.1) is 0 Å². The Morgan fingerprint density at radius 3 is 2.81 bits per heavy atom. The van der Waals surface area contributed by atoms with Crippen molar-refractivity contribution in [2.24, 2.45) is 0 Å². The molecule has 0 radical (unpaired) electrons. The number of ether oxygens (including phenoxy) is 1. The first-order chi connectivity index (χ1) is 12.7. The Hall–Kier alpha value is -3.38. The quantitative estimate of drug-likeness (QED) is 0.581. The normalized spacial score (nSPS) is 10.7. The van der Waals surface area contributed by atoms with Crippen LogP contribution in [0.3, 0.4) is 0 Å². The van der Waals surface area contributed by atoms with Gasteiger partial charge in [-0.25, -0.2) is 9.50 Å². The van der Waals surface area contributed by atoms with E-state index in [-0.39, 0.29) is 5.91 Å². The second-order valence-electron chi connectivity index (χ2n) is 5.46. The molecule has 0 bridgehead atoms. The summed E-state index contributed by atoms with van der Waals surface area (Å²) < 4.78 is 7.40. The van der Waals surface area contributed by atoms with Gasteiger partial charge in [-0.2, -0.15) is 5.10 Å². The number of fused-ring (bicyclic) bond motifs is 1. The van der Waals surface area contributed by atoms with Gasteiger partial charge in [-0.3, -0.25) is 4.79 Å². The number of rotatable bonds is 4. The van der Waals surface area contributed by atoms with Crippen molar-refractivity contribution < 1.29 is 9.53 Å². The van der Waals surface area contributed by atoms with Crippen LogP contribution in [0.15, 0.2) is 73.2 Å². The van der Waals surface area contributed by atoms with Gasteiger partial charge in [0.1, 0.15) is 11.3 Å². The van der Waals surface area contributed by atoms with Crippen LogP contribution in [0.2, 0.25) is 5.02 Å². The van der Waals surface area contributed by atoms with Gasteiger partial charge in [-0.15, -0.1) is 0 Å². The zero-order chi connectivity index (χ0) is 17.9. The second-order valence-corrected chi connectivity index (χ2v) is 5.89. The van der Waals surface area contributed by atoms with E-state index in [1.807, 2.05) is 30.3 Å². The topological polar surface area (TPSA) is 68.5 Å². The molecule has 4 aromatic rings. The third-order valence-corrected chi connectivity index (χ3v) is 3.92. The van der Waals surface area contributed by atoms with E-state index in [2.05, 4.69) is 15.4 Å². The van der Waals surface area contributed by atoms with Crippen LogP contribution in [0.5, 0.6) is 11.5 Å². The van der Waals surface area contributed by atoms with Gasteiger partial charge in [0.25, 0.3) is 5.91 Å². The van der Waals surface area contributed by atoms with E-state index in [1.54, 1.807) is 36.7 Å². The van der Waals surface area contributed by atoms with E-state index < -0.39 is 0 Å². The Labute approximate surface area is 154 Å². The SMILES string of the molecule is O=C(Nc1cc(Cl)ccc1Oc1ccccc1)c1cnn2cccnc12. The average Bonchev–Trinajstić information content (AvgIpc) is 3.09. The molecule has 2 aromatic heterocycles. The van der Waals surface area contributed by atoms with Gasteiger partial charge in [-0.05, 0) is 36.4 Å². The van der Waals surface area contributed by atoms with E-state index >= 15 is 0 Å². The van der Waals surface area contributed by atoms with Gasteiger partial charge in [0.05, 0.1) is 11.9 Å². The molecule has 0 aliphatic carbocycles. The van der Waals surface area contributed by atoms with Gasteiger partial charge in [0.2, 0.25) is 0 Å². The zero-order valence-electron chi connectivity index (χ0n) is 13.5. The van der Waals surface area contributed by atoms with Crippen molar-refractivity contribution in [3.05, 3.63) is 83.8 Å². The molecular formula is C19H13ClN4O2. The van der Waals surface area contributed by atoms with Crippen LogP contribution in [0.25, 0.3) is 5.65 Å². The Morgan fingerprint density at radius 1 is 1.12 bits per heavy atom. The maximum atomic E-state index is 12.7. The number of halogens is 1. The summed E-state index contributed by atoms with van der Waals surface area (Å²) in [6.07, 6.45) is 4.81. The molecular weight excluding hydrogens is 352 g/mol. The number of hydrogen-bond donors (Lipinski definition) is 1. The Kier molecular flexibility index (Phi) is 4.25. The summed E-state index contributed by atoms with van der Waals surface area (Å²) in [5.74, 6) is 0.792. The molecule has 4 rings (SSSR count). The number of carbonyl (C=O) groups excluding carboxylic acids is 1. The molecule has 2 aromatic carbocycles. The number of amides is 1. The second kappa shape index (κ2) is 6.85. The van der Waals surface area contributed by atoms with Crippen molar-refractivity contribution >= 4 is 28.8 Å². The highest BCUT2D eigenvalue weighted by molar-refractivity contribution is 6.31. The van der Waals surface area contributed by atoms with Crippen molar-refractivity contribution in [2.45, 2.75) is 0 Å². The average molecular weight is 365 g/mol. The molecule has 1 N–H and O–H groups in total. The van der Waals surface area contributed by atoms with E-state index in [0.29, 0.717) is 33.4 Å². The summed E-state index contributed by atoms with van der Waals surface area (Å²) in [5.41, 5.74) is 1.29. The summed E-state index contributed by atoms with van der Waals surface area (Å²) in [7, 11) is 0. The van der Waals surface area contributed by atoms with Crippen LogP contribution in [-0.2, 0) is 0 Å². The third kappa shape index (κ3) is 3.22. The molecule has 0 atom stereocenters. The molecule has 0 unspecified atom stereocenters. The predicted molar refractivity (Wildman–Crippen MR) is 98.9 cm³/mol. The summed E-state index contributed by atoms with van der Waals surface area (Å²) >= 11 is 6.09. The fourth-order valence-corrected chi connectivity index (χ4v) is 2.65. The van der Waals surface area contributed by atoms with Crippen LogP contribution in [0.4, 0.5) is 5.69 Å². The summed E-state index contributed by atoms with van der Waals surface area (Å²) in [6.45, 7) is 0. The van der Waals surface area contributed by atoms with Crippen molar-refractivity contribution in [3.63, 3.8) is 0 Å². The number of anilines is 1. The number of benzene rings is 2. The number of nitrogens with one attached hydrogen (secondary N) is 1. The highest BCUT2D eigenvalue weighted by Gasteiger charge is 2.16. The summed E-state index contributed by atoms with van der Waals surface area (Å²) in [6, 6.07) is 16.1. The first-order valence-electron chi connectivity index (χ1n) is 7.83. The number of hydrogen-bond acceptors (Lipinski definition) is 4. The van der Waals surface area contributed by atoms with Gasteiger partial charge in [-0.1, -0.05) is 29.8 Å². The van der Waals surface area contributed by atoms with Crippen molar-refractivity contribution in [3.8, 4) is 11.5 Å². The lowest BCUT2D eigenvalue weighted by Crippen LogP contribution is -2.12. The molecule has 0 aliphatic rings. The minimum Gasteiger partial charge on any atom is -0.455 e. The lowest BCUT2D eigenvalue weighted by molar-refractivity contribution is 0.102. The Morgan fingerprint density at radius 2 is 1.96 bits per heavy atom. The van der Waals surface area contributed by atoms with Gasteiger partial charge in [0, 0.05) is 17.4 Å².